The van der Waals surface area contributed by atoms with Gasteiger partial charge in [-0.2, -0.15) is 0 Å². The lowest BCUT2D eigenvalue weighted by molar-refractivity contribution is 0.132. The molecule has 0 bridgehead atoms. The molecule has 0 amide bonds. The average Bonchev–Trinajstić information content (AvgIpc) is 3.27. The molecule has 0 aliphatic carbocycles. The van der Waals surface area contributed by atoms with Crippen LogP contribution in [0.2, 0.25) is 0 Å². The Morgan fingerprint density at radius 3 is 1.21 bits per heavy atom. The van der Waals surface area contributed by atoms with Crippen molar-refractivity contribution < 1.29 is 5.11 Å². The second-order valence-electron chi connectivity index (χ2n) is 13.7. The zero-order valence-electron chi connectivity index (χ0n) is 30.1. The summed E-state index contributed by atoms with van der Waals surface area (Å²) in [7, 11) is 0. The Hall–Kier alpha value is -1.27. The number of hydrogen-bond acceptors (Lipinski definition) is 4. The molecule has 0 radical (unpaired) electrons. The molecule has 0 aliphatic heterocycles. The predicted octanol–water partition coefficient (Wildman–Crippen LogP) is 9.74. The topological polar surface area (TPSA) is 53.6 Å². The summed E-state index contributed by atoms with van der Waals surface area (Å²) in [5.74, 6) is 2.65. The van der Waals surface area contributed by atoms with Crippen molar-refractivity contribution in [3.05, 3.63) is 16.7 Å². The lowest BCUT2D eigenvalue weighted by Crippen LogP contribution is -2.41. The second-order valence-corrected chi connectivity index (χ2v) is 13.7. The molecular formula is C37H74N4O2. The van der Waals surface area contributed by atoms with Gasteiger partial charge in [-0.25, -0.2) is 9.36 Å². The molecule has 0 saturated carbocycles. The molecule has 0 spiro atoms. The Balaban J connectivity index is 3.25. The largest absolute Gasteiger partial charge is 0.493 e. The SMILES string of the molecule is CCCCC(CC)CN(CC(CC)CCCC)Cn1cc(O)n(CN(CC(CC)CCCC)CC(CC)CCCC)c1=O. The third kappa shape index (κ3) is 15.5. The van der Waals surface area contributed by atoms with Crippen LogP contribution in [0.3, 0.4) is 0 Å². The number of aromatic nitrogens is 2. The van der Waals surface area contributed by atoms with Crippen molar-refractivity contribution in [2.45, 2.75) is 171 Å². The highest BCUT2D eigenvalue weighted by Gasteiger charge is 2.22. The van der Waals surface area contributed by atoms with Gasteiger partial charge in [0.1, 0.15) is 0 Å². The molecule has 1 heterocycles. The lowest BCUT2D eigenvalue weighted by Gasteiger charge is -2.31. The van der Waals surface area contributed by atoms with Gasteiger partial charge in [-0.15, -0.1) is 0 Å². The minimum absolute atomic E-state index is 0.0704. The Morgan fingerprint density at radius 2 is 0.907 bits per heavy atom. The first kappa shape index (κ1) is 39.8. The van der Waals surface area contributed by atoms with Crippen LogP contribution in [0, 0.1) is 23.7 Å². The summed E-state index contributed by atoms with van der Waals surface area (Å²) < 4.78 is 3.43. The van der Waals surface area contributed by atoms with E-state index in [1.807, 2.05) is 0 Å². The summed E-state index contributed by atoms with van der Waals surface area (Å²) in [6.07, 6.45) is 21.3. The van der Waals surface area contributed by atoms with Crippen LogP contribution >= 0.6 is 0 Å². The van der Waals surface area contributed by atoms with E-state index in [1.54, 1.807) is 15.3 Å². The molecule has 43 heavy (non-hydrogen) atoms. The highest BCUT2D eigenvalue weighted by atomic mass is 16.3. The Labute approximate surface area is 267 Å². The van der Waals surface area contributed by atoms with Crippen molar-refractivity contribution in [3.63, 3.8) is 0 Å². The summed E-state index contributed by atoms with van der Waals surface area (Å²) in [5.41, 5.74) is -0.0704. The van der Waals surface area contributed by atoms with Crippen LogP contribution in [0.25, 0.3) is 0 Å². The normalized spacial score (nSPS) is 14.9. The maximum absolute atomic E-state index is 13.9. The minimum Gasteiger partial charge on any atom is -0.493 e. The first-order valence-electron chi connectivity index (χ1n) is 18.7. The minimum atomic E-state index is -0.0704. The molecule has 0 aliphatic rings. The molecule has 254 valence electrons. The van der Waals surface area contributed by atoms with Gasteiger partial charge in [-0.1, -0.05) is 132 Å². The zero-order chi connectivity index (χ0) is 32.0. The molecule has 1 N–H and O–H groups in total. The summed E-state index contributed by atoms with van der Waals surface area (Å²) in [6.45, 7) is 23.4. The fraction of sp³-hybridized carbons (Fsp3) is 0.919. The number of rotatable bonds is 28. The summed E-state index contributed by atoms with van der Waals surface area (Å²) in [4.78, 5) is 18.9. The molecule has 0 saturated heterocycles. The third-order valence-corrected chi connectivity index (χ3v) is 9.96. The molecule has 1 aromatic heterocycles. The molecule has 4 unspecified atom stereocenters. The Bertz CT molecular complexity index is 814. The monoisotopic (exact) mass is 607 g/mol. The van der Waals surface area contributed by atoms with Gasteiger partial charge in [0.25, 0.3) is 0 Å². The van der Waals surface area contributed by atoms with Crippen LogP contribution in [0.4, 0.5) is 0 Å². The summed E-state index contributed by atoms with van der Waals surface area (Å²) in [6, 6.07) is 0. The molecule has 6 nitrogen and oxygen atoms in total. The highest BCUT2D eigenvalue weighted by Crippen LogP contribution is 2.22. The van der Waals surface area contributed by atoms with Crippen molar-refractivity contribution in [2.24, 2.45) is 23.7 Å². The molecule has 1 rings (SSSR count). The third-order valence-electron chi connectivity index (χ3n) is 9.96. The molecule has 0 fully saturated rings. The smallest absolute Gasteiger partial charge is 0.333 e. The van der Waals surface area contributed by atoms with Crippen LogP contribution in [0.15, 0.2) is 11.0 Å². The van der Waals surface area contributed by atoms with E-state index in [0.29, 0.717) is 37.0 Å². The first-order valence-corrected chi connectivity index (χ1v) is 18.7. The second kappa shape index (κ2) is 24.0. The molecule has 0 aromatic carbocycles. The highest BCUT2D eigenvalue weighted by molar-refractivity contribution is 5.05. The van der Waals surface area contributed by atoms with E-state index in [9.17, 15) is 9.90 Å². The van der Waals surface area contributed by atoms with Crippen LogP contribution in [-0.4, -0.2) is 50.2 Å². The molecule has 1 aromatic rings. The quantitative estimate of drug-likeness (QED) is 0.103. The van der Waals surface area contributed by atoms with Gasteiger partial charge in [0.2, 0.25) is 5.88 Å². The van der Waals surface area contributed by atoms with E-state index in [-0.39, 0.29) is 11.6 Å². The first-order chi connectivity index (χ1) is 20.8. The van der Waals surface area contributed by atoms with E-state index in [2.05, 4.69) is 65.2 Å². The summed E-state index contributed by atoms with van der Waals surface area (Å²) >= 11 is 0. The van der Waals surface area contributed by atoms with Crippen molar-refractivity contribution in [1.29, 1.82) is 0 Å². The maximum atomic E-state index is 13.9. The number of hydrogen-bond donors (Lipinski definition) is 1. The van der Waals surface area contributed by atoms with Crippen LogP contribution in [0.1, 0.15) is 158 Å². The average molecular weight is 607 g/mol. The van der Waals surface area contributed by atoms with E-state index in [1.165, 1.54) is 89.9 Å². The van der Waals surface area contributed by atoms with Gasteiger partial charge < -0.3 is 5.11 Å². The van der Waals surface area contributed by atoms with E-state index in [4.69, 9.17) is 0 Å². The van der Waals surface area contributed by atoms with E-state index < -0.39 is 0 Å². The number of nitrogens with zero attached hydrogens (tertiary/aromatic N) is 4. The predicted molar refractivity (Wildman–Crippen MR) is 187 cm³/mol. The fourth-order valence-electron chi connectivity index (χ4n) is 6.68. The molecule has 6 heteroatoms. The van der Waals surface area contributed by atoms with Gasteiger partial charge >= 0.3 is 5.69 Å². The van der Waals surface area contributed by atoms with Crippen molar-refractivity contribution in [3.8, 4) is 5.88 Å². The maximum Gasteiger partial charge on any atom is 0.333 e. The van der Waals surface area contributed by atoms with Crippen molar-refractivity contribution in [2.75, 3.05) is 26.2 Å². The molecular weight excluding hydrogens is 532 g/mol. The fourth-order valence-corrected chi connectivity index (χ4v) is 6.68. The van der Waals surface area contributed by atoms with Gasteiger partial charge in [-0.3, -0.25) is 14.4 Å². The molecule has 4 atom stereocenters. The standard InChI is InChI=1S/C37H74N4O2/c1-9-17-21-32(13-5)25-38(26-33(14-6)22-18-10-2)30-40-29-36(42)41(37(40)43)31-39(27-34(15-7)23-19-11-3)28-35(16-8)24-20-12-4/h29,32-35,42H,9-28,30-31H2,1-8H3. The van der Waals surface area contributed by atoms with Gasteiger partial charge in [0.05, 0.1) is 19.5 Å². The van der Waals surface area contributed by atoms with Gasteiger partial charge in [0.15, 0.2) is 0 Å². The number of aromatic hydroxyl groups is 1. The van der Waals surface area contributed by atoms with E-state index >= 15 is 0 Å². The Morgan fingerprint density at radius 1 is 0.581 bits per heavy atom. The summed E-state index contributed by atoms with van der Waals surface area (Å²) in [5, 5.41) is 11.1. The van der Waals surface area contributed by atoms with Gasteiger partial charge in [0, 0.05) is 26.2 Å². The van der Waals surface area contributed by atoms with Crippen molar-refractivity contribution in [1.82, 2.24) is 18.9 Å². The Kier molecular flexibility index (Phi) is 22.2. The van der Waals surface area contributed by atoms with Crippen LogP contribution in [-0.2, 0) is 13.3 Å². The van der Waals surface area contributed by atoms with Crippen molar-refractivity contribution >= 4 is 0 Å². The van der Waals surface area contributed by atoms with Crippen LogP contribution in [0.5, 0.6) is 5.88 Å². The van der Waals surface area contributed by atoms with Gasteiger partial charge in [-0.05, 0) is 49.4 Å². The number of imidazole rings is 1. The zero-order valence-corrected chi connectivity index (χ0v) is 30.1. The number of unbranched alkanes of at least 4 members (excludes halogenated alkanes) is 4. The lowest BCUT2D eigenvalue weighted by atomic mass is 9.96. The van der Waals surface area contributed by atoms with Crippen LogP contribution < -0.4 is 5.69 Å². The van der Waals surface area contributed by atoms with E-state index in [0.717, 1.165) is 39.0 Å².